The largest absolute Gasteiger partial charge is 0.323 e. The zero-order chi connectivity index (χ0) is 20.9. The third-order valence-electron chi connectivity index (χ3n) is 4.12. The normalized spacial score (nSPS) is 12.3. The number of amides is 1. The summed E-state index contributed by atoms with van der Waals surface area (Å²) in [5.41, 5.74) is 7.23. The molecule has 1 amide bonds. The zero-order valence-corrected chi connectivity index (χ0v) is 16.8. The highest BCUT2D eigenvalue weighted by Gasteiger charge is 2.16. The van der Waals surface area contributed by atoms with Gasteiger partial charge >= 0.3 is 0 Å². The second-order valence-corrected chi connectivity index (χ2v) is 8.41. The SMILES string of the molecule is NC(CNS(=O)(=O)c1ccc(Cl)cc1)c1ccc(C(=O)Nc2ccccn2)cc1. The van der Waals surface area contributed by atoms with Crippen LogP contribution in [0.3, 0.4) is 0 Å². The number of sulfonamides is 1. The van der Waals surface area contributed by atoms with Gasteiger partial charge in [-0.15, -0.1) is 0 Å². The number of rotatable bonds is 7. The van der Waals surface area contributed by atoms with E-state index >= 15 is 0 Å². The van der Waals surface area contributed by atoms with Gasteiger partial charge < -0.3 is 11.1 Å². The fourth-order valence-corrected chi connectivity index (χ4v) is 3.71. The molecule has 0 bridgehead atoms. The maximum absolute atomic E-state index is 12.3. The molecule has 0 radical (unpaired) electrons. The molecule has 2 aromatic carbocycles. The van der Waals surface area contributed by atoms with Crippen molar-refractivity contribution in [3.05, 3.63) is 89.1 Å². The van der Waals surface area contributed by atoms with E-state index in [-0.39, 0.29) is 17.3 Å². The molecule has 7 nitrogen and oxygen atoms in total. The van der Waals surface area contributed by atoms with Crippen LogP contribution in [0.1, 0.15) is 22.0 Å². The summed E-state index contributed by atoms with van der Waals surface area (Å²) in [7, 11) is -3.70. The first kappa shape index (κ1) is 20.9. The van der Waals surface area contributed by atoms with E-state index in [4.69, 9.17) is 17.3 Å². The topological polar surface area (TPSA) is 114 Å². The second-order valence-electron chi connectivity index (χ2n) is 6.20. The van der Waals surface area contributed by atoms with E-state index in [1.165, 1.54) is 24.3 Å². The van der Waals surface area contributed by atoms with E-state index in [1.807, 2.05) is 0 Å². The number of anilines is 1. The predicted octanol–water partition coefficient (Wildman–Crippen LogP) is 2.97. The number of nitrogens with one attached hydrogen (secondary N) is 2. The van der Waals surface area contributed by atoms with E-state index in [0.29, 0.717) is 22.0 Å². The molecule has 4 N–H and O–H groups in total. The molecule has 1 atom stereocenters. The number of hydrogen-bond donors (Lipinski definition) is 3. The van der Waals surface area contributed by atoms with Gasteiger partial charge in [0, 0.05) is 29.4 Å². The molecule has 3 aromatic rings. The molecule has 1 unspecified atom stereocenters. The van der Waals surface area contributed by atoms with Crippen LogP contribution in [0.5, 0.6) is 0 Å². The summed E-state index contributed by atoms with van der Waals surface area (Å²) >= 11 is 5.78. The summed E-state index contributed by atoms with van der Waals surface area (Å²) in [6.45, 7) is 0.00440. The van der Waals surface area contributed by atoms with E-state index in [9.17, 15) is 13.2 Å². The maximum atomic E-state index is 12.3. The Hall–Kier alpha value is -2.78. The summed E-state index contributed by atoms with van der Waals surface area (Å²) in [5, 5.41) is 3.14. The van der Waals surface area contributed by atoms with Gasteiger partial charge in [0.1, 0.15) is 5.82 Å². The number of carbonyl (C=O) groups excluding carboxylic acids is 1. The molecule has 0 saturated carbocycles. The van der Waals surface area contributed by atoms with Crippen molar-refractivity contribution in [2.45, 2.75) is 10.9 Å². The third kappa shape index (κ3) is 5.61. The van der Waals surface area contributed by atoms with Gasteiger partial charge in [-0.05, 0) is 54.1 Å². The number of nitrogens with zero attached hydrogens (tertiary/aromatic N) is 1. The Bertz CT molecular complexity index is 1070. The summed E-state index contributed by atoms with van der Waals surface area (Å²) < 4.78 is 27.1. The lowest BCUT2D eigenvalue weighted by atomic mass is 10.1. The van der Waals surface area contributed by atoms with Crippen LogP contribution >= 0.6 is 11.6 Å². The Morgan fingerprint density at radius 2 is 1.72 bits per heavy atom. The number of pyridine rings is 1. The molecule has 1 aromatic heterocycles. The Morgan fingerprint density at radius 3 is 2.34 bits per heavy atom. The van der Waals surface area contributed by atoms with Crippen LogP contribution in [0.2, 0.25) is 5.02 Å². The van der Waals surface area contributed by atoms with Crippen LogP contribution in [-0.4, -0.2) is 25.9 Å². The number of aromatic nitrogens is 1. The number of carbonyl (C=O) groups is 1. The average Bonchev–Trinajstić information content (AvgIpc) is 2.73. The Morgan fingerprint density at radius 1 is 1.03 bits per heavy atom. The zero-order valence-electron chi connectivity index (χ0n) is 15.2. The molecule has 0 aliphatic carbocycles. The van der Waals surface area contributed by atoms with Gasteiger partial charge in [-0.25, -0.2) is 18.1 Å². The first-order valence-corrected chi connectivity index (χ1v) is 10.5. The predicted molar refractivity (Wildman–Crippen MR) is 112 cm³/mol. The van der Waals surface area contributed by atoms with Gasteiger partial charge in [0.05, 0.1) is 4.90 Å². The van der Waals surface area contributed by atoms with Crippen LogP contribution in [0.25, 0.3) is 0 Å². The summed E-state index contributed by atoms with van der Waals surface area (Å²) in [4.78, 5) is 16.4. The molecule has 0 saturated heterocycles. The second kappa shape index (κ2) is 9.15. The first-order chi connectivity index (χ1) is 13.8. The molecular weight excluding hydrogens is 412 g/mol. The van der Waals surface area contributed by atoms with Crippen molar-refractivity contribution < 1.29 is 13.2 Å². The smallest absolute Gasteiger partial charge is 0.256 e. The number of nitrogens with two attached hydrogens (primary N) is 1. The highest BCUT2D eigenvalue weighted by Crippen LogP contribution is 2.16. The lowest BCUT2D eigenvalue weighted by Crippen LogP contribution is -2.32. The van der Waals surface area contributed by atoms with Gasteiger partial charge in [-0.1, -0.05) is 29.8 Å². The summed E-state index contributed by atoms with van der Waals surface area (Å²) in [6.07, 6.45) is 1.59. The minimum atomic E-state index is -3.70. The molecule has 9 heteroatoms. The number of hydrogen-bond acceptors (Lipinski definition) is 5. The summed E-state index contributed by atoms with van der Waals surface area (Å²) in [5.74, 6) is 0.155. The molecule has 0 aliphatic heterocycles. The fourth-order valence-electron chi connectivity index (χ4n) is 2.52. The Labute approximate surface area is 174 Å². The number of halogens is 1. The van der Waals surface area contributed by atoms with Crippen molar-refractivity contribution in [3.8, 4) is 0 Å². The minimum Gasteiger partial charge on any atom is -0.323 e. The molecule has 29 heavy (non-hydrogen) atoms. The molecule has 150 valence electrons. The van der Waals surface area contributed by atoms with Gasteiger partial charge in [0.25, 0.3) is 5.91 Å². The number of benzene rings is 2. The van der Waals surface area contributed by atoms with Gasteiger partial charge in [-0.3, -0.25) is 4.79 Å². The molecule has 1 heterocycles. The van der Waals surface area contributed by atoms with Crippen LogP contribution in [0, 0.1) is 0 Å². The molecular formula is C20H19ClN4O3S. The standard InChI is InChI=1S/C20H19ClN4O3S/c21-16-8-10-17(11-9-16)29(27,28)24-13-18(22)14-4-6-15(7-5-14)20(26)25-19-3-1-2-12-23-19/h1-12,18,24H,13,22H2,(H,23,25,26). The van der Waals surface area contributed by atoms with Crippen LogP contribution < -0.4 is 15.8 Å². The Balaban J connectivity index is 1.60. The quantitative estimate of drug-likeness (QED) is 0.533. The molecule has 0 fully saturated rings. The molecule has 0 aliphatic rings. The van der Waals surface area contributed by atoms with Crippen molar-refractivity contribution in [3.63, 3.8) is 0 Å². The molecule has 3 rings (SSSR count). The van der Waals surface area contributed by atoms with E-state index in [0.717, 1.165) is 0 Å². The van der Waals surface area contributed by atoms with E-state index in [1.54, 1.807) is 48.7 Å². The monoisotopic (exact) mass is 430 g/mol. The van der Waals surface area contributed by atoms with Crippen molar-refractivity contribution >= 4 is 33.3 Å². The van der Waals surface area contributed by atoms with Gasteiger partial charge in [0.2, 0.25) is 10.0 Å². The van der Waals surface area contributed by atoms with E-state index in [2.05, 4.69) is 15.0 Å². The highest BCUT2D eigenvalue weighted by molar-refractivity contribution is 7.89. The van der Waals surface area contributed by atoms with Crippen LogP contribution in [0.4, 0.5) is 5.82 Å². The van der Waals surface area contributed by atoms with E-state index < -0.39 is 16.1 Å². The minimum absolute atomic E-state index is 0.00440. The van der Waals surface area contributed by atoms with Crippen molar-refractivity contribution in [1.29, 1.82) is 0 Å². The Kier molecular flexibility index (Phi) is 6.60. The van der Waals surface area contributed by atoms with Gasteiger partial charge in [-0.2, -0.15) is 0 Å². The van der Waals surface area contributed by atoms with Gasteiger partial charge in [0.15, 0.2) is 0 Å². The maximum Gasteiger partial charge on any atom is 0.256 e. The lowest BCUT2D eigenvalue weighted by molar-refractivity contribution is 0.102. The highest BCUT2D eigenvalue weighted by atomic mass is 35.5. The van der Waals surface area contributed by atoms with Crippen molar-refractivity contribution in [1.82, 2.24) is 9.71 Å². The summed E-state index contributed by atoms with van der Waals surface area (Å²) in [6, 6.07) is 17.1. The van der Waals surface area contributed by atoms with Crippen LogP contribution in [0.15, 0.2) is 77.8 Å². The molecule has 0 spiro atoms. The fraction of sp³-hybridized carbons (Fsp3) is 0.100. The lowest BCUT2D eigenvalue weighted by Gasteiger charge is -2.14. The van der Waals surface area contributed by atoms with Crippen molar-refractivity contribution in [2.24, 2.45) is 5.73 Å². The van der Waals surface area contributed by atoms with Crippen LogP contribution in [-0.2, 0) is 10.0 Å². The first-order valence-electron chi connectivity index (χ1n) is 8.68. The van der Waals surface area contributed by atoms with Crippen molar-refractivity contribution in [2.75, 3.05) is 11.9 Å². The third-order valence-corrected chi connectivity index (χ3v) is 5.82. The average molecular weight is 431 g/mol.